The summed E-state index contributed by atoms with van der Waals surface area (Å²) < 4.78 is 23.3. The van der Waals surface area contributed by atoms with E-state index in [1.54, 1.807) is 0 Å². The molecule has 1 aliphatic heterocycles. The third-order valence-corrected chi connectivity index (χ3v) is 5.26. The minimum atomic E-state index is -2.87. The molecule has 1 aromatic heterocycles. The van der Waals surface area contributed by atoms with E-state index in [2.05, 4.69) is 28.2 Å². The lowest BCUT2D eigenvalue weighted by atomic mass is 10.2. The van der Waals surface area contributed by atoms with Gasteiger partial charge >= 0.3 is 0 Å². The molecule has 0 bridgehead atoms. The maximum Gasteiger partial charge on any atom is 0.152 e. The molecule has 0 aromatic carbocycles. The molecule has 20 heavy (non-hydrogen) atoms. The summed E-state index contributed by atoms with van der Waals surface area (Å²) in [5, 5.41) is 3.28. The number of rotatable bonds is 4. The number of sulfone groups is 1. The molecule has 5 nitrogen and oxygen atoms in total. The fraction of sp³-hybridized carbons (Fsp3) is 0.643. The molecule has 2 heterocycles. The van der Waals surface area contributed by atoms with Crippen molar-refractivity contribution in [1.29, 1.82) is 0 Å². The quantitative estimate of drug-likeness (QED) is 0.902. The van der Waals surface area contributed by atoms with Crippen molar-refractivity contribution in [3.63, 3.8) is 0 Å². The van der Waals surface area contributed by atoms with Gasteiger partial charge < -0.3 is 10.2 Å². The molecule has 0 unspecified atom stereocenters. The Morgan fingerprint density at radius 3 is 2.85 bits per heavy atom. The average molecular weight is 297 g/mol. The smallest absolute Gasteiger partial charge is 0.152 e. The first-order valence-electron chi connectivity index (χ1n) is 7.13. The highest BCUT2D eigenvalue weighted by Gasteiger charge is 2.20. The Bertz CT molecular complexity index is 558. The van der Waals surface area contributed by atoms with Gasteiger partial charge in [-0.1, -0.05) is 6.92 Å². The number of aryl methyl sites for hydroxylation is 1. The van der Waals surface area contributed by atoms with Gasteiger partial charge in [-0.3, -0.25) is 0 Å². The Hall–Kier alpha value is -1.14. The predicted octanol–water partition coefficient (Wildman–Crippen LogP) is 1.12. The number of nitrogens with one attached hydrogen (secondary N) is 1. The summed E-state index contributed by atoms with van der Waals surface area (Å²) in [4.78, 5) is 6.63. The van der Waals surface area contributed by atoms with E-state index >= 15 is 0 Å². The van der Waals surface area contributed by atoms with Crippen LogP contribution >= 0.6 is 0 Å². The van der Waals surface area contributed by atoms with E-state index in [1.807, 2.05) is 13.1 Å². The van der Waals surface area contributed by atoms with E-state index in [0.29, 0.717) is 18.7 Å². The van der Waals surface area contributed by atoms with Crippen molar-refractivity contribution >= 4 is 15.7 Å². The second-order valence-corrected chi connectivity index (χ2v) is 7.56. The first kappa shape index (κ1) is 15.3. The number of anilines is 1. The van der Waals surface area contributed by atoms with Crippen LogP contribution in [0.3, 0.4) is 0 Å². The van der Waals surface area contributed by atoms with Crippen LogP contribution < -0.4 is 10.2 Å². The van der Waals surface area contributed by atoms with Crippen LogP contribution in [0.15, 0.2) is 12.3 Å². The Kier molecular flexibility index (Phi) is 4.99. The summed E-state index contributed by atoms with van der Waals surface area (Å²) in [6.45, 7) is 7.18. The van der Waals surface area contributed by atoms with Crippen molar-refractivity contribution in [2.24, 2.45) is 0 Å². The normalized spacial score (nSPS) is 18.8. The molecule has 0 amide bonds. The van der Waals surface area contributed by atoms with Gasteiger partial charge in [0.25, 0.3) is 0 Å². The second kappa shape index (κ2) is 6.54. The maximum absolute atomic E-state index is 11.6. The predicted molar refractivity (Wildman–Crippen MR) is 81.8 cm³/mol. The van der Waals surface area contributed by atoms with E-state index < -0.39 is 9.84 Å². The van der Waals surface area contributed by atoms with Gasteiger partial charge in [0.15, 0.2) is 9.84 Å². The molecule has 1 saturated heterocycles. The fourth-order valence-electron chi connectivity index (χ4n) is 2.47. The lowest BCUT2D eigenvalue weighted by Gasteiger charge is -2.23. The molecular weight excluding hydrogens is 274 g/mol. The number of hydrogen-bond donors (Lipinski definition) is 1. The molecule has 0 aliphatic carbocycles. The lowest BCUT2D eigenvalue weighted by molar-refractivity contribution is 0.597. The van der Waals surface area contributed by atoms with Crippen LogP contribution in [-0.2, 0) is 16.4 Å². The van der Waals surface area contributed by atoms with Gasteiger partial charge in [0, 0.05) is 25.8 Å². The Morgan fingerprint density at radius 1 is 1.35 bits per heavy atom. The molecule has 6 heteroatoms. The highest BCUT2D eigenvalue weighted by Crippen LogP contribution is 2.20. The van der Waals surface area contributed by atoms with Crippen molar-refractivity contribution in [1.82, 2.24) is 10.3 Å². The van der Waals surface area contributed by atoms with Crippen LogP contribution in [0.25, 0.3) is 0 Å². The van der Waals surface area contributed by atoms with E-state index in [9.17, 15) is 8.42 Å². The molecule has 0 radical (unpaired) electrons. The molecule has 0 atom stereocenters. The summed E-state index contributed by atoms with van der Waals surface area (Å²) in [6, 6.07) is 2.13. The second-order valence-electron chi connectivity index (χ2n) is 5.26. The van der Waals surface area contributed by atoms with Crippen LogP contribution in [0.4, 0.5) is 5.82 Å². The van der Waals surface area contributed by atoms with E-state index in [-0.39, 0.29) is 5.75 Å². The summed E-state index contributed by atoms with van der Waals surface area (Å²) in [5.74, 6) is 1.44. The molecule has 0 saturated carbocycles. The van der Waals surface area contributed by atoms with Crippen molar-refractivity contribution in [3.05, 3.63) is 23.4 Å². The summed E-state index contributed by atoms with van der Waals surface area (Å²) >= 11 is 0. The average Bonchev–Trinajstić information content (AvgIpc) is 2.58. The number of pyridine rings is 1. The Balaban J connectivity index is 2.12. The zero-order valence-electron chi connectivity index (χ0n) is 12.2. The molecule has 2 rings (SSSR count). The summed E-state index contributed by atoms with van der Waals surface area (Å²) in [5.41, 5.74) is 2.27. The number of hydrogen-bond acceptors (Lipinski definition) is 5. The van der Waals surface area contributed by atoms with E-state index in [0.717, 1.165) is 36.6 Å². The molecule has 1 N–H and O–H groups in total. The lowest BCUT2D eigenvalue weighted by Crippen LogP contribution is -2.28. The molecule has 1 aromatic rings. The molecule has 1 fully saturated rings. The SMILES string of the molecule is CCNCc1cnc(N2CCCS(=O)(=O)CC2)c(C)c1. The van der Waals surface area contributed by atoms with Gasteiger partial charge in [0.2, 0.25) is 0 Å². The molecule has 112 valence electrons. The van der Waals surface area contributed by atoms with Gasteiger partial charge in [-0.15, -0.1) is 0 Å². The molecule has 1 aliphatic rings. The third kappa shape index (κ3) is 3.93. The van der Waals surface area contributed by atoms with Crippen molar-refractivity contribution in [2.45, 2.75) is 26.8 Å². The molecular formula is C14H23N3O2S. The standard InChI is InChI=1S/C14H23N3O2S/c1-3-15-10-13-9-12(2)14(16-11-13)17-5-4-7-20(18,19)8-6-17/h9,11,15H,3-8,10H2,1-2H3. The molecule has 0 spiro atoms. The van der Waals surface area contributed by atoms with E-state index in [4.69, 9.17) is 0 Å². The largest absolute Gasteiger partial charge is 0.355 e. The highest BCUT2D eigenvalue weighted by atomic mass is 32.2. The van der Waals surface area contributed by atoms with Crippen LogP contribution in [0.1, 0.15) is 24.5 Å². The van der Waals surface area contributed by atoms with Crippen LogP contribution in [0.2, 0.25) is 0 Å². The van der Waals surface area contributed by atoms with Gasteiger partial charge in [-0.25, -0.2) is 13.4 Å². The topological polar surface area (TPSA) is 62.3 Å². The minimum Gasteiger partial charge on any atom is -0.355 e. The highest BCUT2D eigenvalue weighted by molar-refractivity contribution is 7.91. The Morgan fingerprint density at radius 2 is 2.15 bits per heavy atom. The van der Waals surface area contributed by atoms with Gasteiger partial charge in [0.05, 0.1) is 11.5 Å². The van der Waals surface area contributed by atoms with Crippen molar-refractivity contribution < 1.29 is 8.42 Å². The summed E-state index contributed by atoms with van der Waals surface area (Å²) in [7, 11) is -2.87. The summed E-state index contributed by atoms with van der Waals surface area (Å²) in [6.07, 6.45) is 2.56. The van der Waals surface area contributed by atoms with Crippen LogP contribution in [0.5, 0.6) is 0 Å². The Labute approximate surface area is 121 Å². The van der Waals surface area contributed by atoms with Crippen LogP contribution in [-0.4, -0.2) is 44.5 Å². The van der Waals surface area contributed by atoms with Gasteiger partial charge in [-0.2, -0.15) is 0 Å². The maximum atomic E-state index is 11.6. The van der Waals surface area contributed by atoms with Gasteiger partial charge in [-0.05, 0) is 37.1 Å². The third-order valence-electron chi connectivity index (χ3n) is 3.54. The minimum absolute atomic E-state index is 0.229. The monoisotopic (exact) mass is 297 g/mol. The first-order valence-corrected chi connectivity index (χ1v) is 8.95. The van der Waals surface area contributed by atoms with E-state index in [1.165, 1.54) is 0 Å². The van der Waals surface area contributed by atoms with Crippen molar-refractivity contribution in [3.8, 4) is 0 Å². The zero-order valence-corrected chi connectivity index (χ0v) is 13.0. The van der Waals surface area contributed by atoms with Crippen LogP contribution in [0, 0.1) is 6.92 Å². The van der Waals surface area contributed by atoms with Crippen molar-refractivity contribution in [2.75, 3.05) is 36.0 Å². The number of aromatic nitrogens is 1. The first-order chi connectivity index (χ1) is 9.52. The number of nitrogens with zero attached hydrogens (tertiary/aromatic N) is 2. The van der Waals surface area contributed by atoms with Gasteiger partial charge in [0.1, 0.15) is 5.82 Å². The zero-order chi connectivity index (χ0) is 14.6. The fourth-order valence-corrected chi connectivity index (χ4v) is 3.74.